The highest BCUT2D eigenvalue weighted by atomic mass is 16.6. The van der Waals surface area contributed by atoms with Gasteiger partial charge in [-0.1, -0.05) is 27.2 Å². The molecule has 1 amide bonds. The zero-order chi connectivity index (χ0) is 18.1. The van der Waals surface area contributed by atoms with Gasteiger partial charge in [-0.3, -0.25) is 4.79 Å². The molecule has 1 saturated carbocycles. The molecule has 0 saturated heterocycles. The first-order valence-corrected chi connectivity index (χ1v) is 9.13. The lowest BCUT2D eigenvalue weighted by Crippen LogP contribution is -2.39. The molecule has 6 nitrogen and oxygen atoms in total. The SMILES string of the molecule is COC(=O)[C@@H](N)CCCCNC(=O)O[C@@H]1C[C@H](C)CC[C@H]1C(C)C. The van der Waals surface area contributed by atoms with E-state index in [4.69, 9.17) is 10.5 Å². The van der Waals surface area contributed by atoms with Gasteiger partial charge in [0.05, 0.1) is 7.11 Å². The van der Waals surface area contributed by atoms with E-state index >= 15 is 0 Å². The number of rotatable bonds is 8. The van der Waals surface area contributed by atoms with Gasteiger partial charge in [0.15, 0.2) is 0 Å². The molecule has 0 unspecified atom stereocenters. The van der Waals surface area contributed by atoms with Gasteiger partial charge in [-0.05, 0) is 49.9 Å². The van der Waals surface area contributed by atoms with E-state index in [0.717, 1.165) is 25.7 Å². The predicted molar refractivity (Wildman–Crippen MR) is 93.5 cm³/mol. The molecule has 0 aliphatic heterocycles. The van der Waals surface area contributed by atoms with Gasteiger partial charge < -0.3 is 20.5 Å². The van der Waals surface area contributed by atoms with Crippen molar-refractivity contribution in [3.63, 3.8) is 0 Å². The predicted octanol–water partition coefficient (Wildman–Crippen LogP) is 2.84. The Bertz CT molecular complexity index is 400. The van der Waals surface area contributed by atoms with E-state index in [9.17, 15) is 9.59 Å². The first-order chi connectivity index (χ1) is 11.3. The molecule has 6 heteroatoms. The Labute approximate surface area is 145 Å². The van der Waals surface area contributed by atoms with Crippen LogP contribution >= 0.6 is 0 Å². The minimum atomic E-state index is -0.586. The number of hydrogen-bond acceptors (Lipinski definition) is 5. The molecule has 1 aliphatic rings. The topological polar surface area (TPSA) is 90.6 Å². The molecule has 0 spiro atoms. The lowest BCUT2D eigenvalue weighted by molar-refractivity contribution is -0.142. The number of nitrogens with two attached hydrogens (primary N) is 1. The van der Waals surface area contributed by atoms with Gasteiger partial charge in [-0.2, -0.15) is 0 Å². The molecule has 3 N–H and O–H groups in total. The summed E-state index contributed by atoms with van der Waals surface area (Å²) in [6, 6.07) is -0.586. The summed E-state index contributed by atoms with van der Waals surface area (Å²) in [5.41, 5.74) is 5.66. The van der Waals surface area contributed by atoms with Crippen LogP contribution in [-0.2, 0) is 14.3 Å². The van der Waals surface area contributed by atoms with E-state index < -0.39 is 12.0 Å². The molecule has 0 aromatic carbocycles. The molecule has 1 fully saturated rings. The van der Waals surface area contributed by atoms with Gasteiger partial charge in [0.25, 0.3) is 0 Å². The molecule has 1 aliphatic carbocycles. The average molecular weight is 342 g/mol. The Hall–Kier alpha value is -1.30. The Kier molecular flexibility index (Phi) is 9.11. The minimum absolute atomic E-state index is 0.0153. The van der Waals surface area contributed by atoms with Crippen LogP contribution in [0.3, 0.4) is 0 Å². The van der Waals surface area contributed by atoms with E-state index in [1.807, 2.05) is 0 Å². The molecular formula is C18H34N2O4. The molecular weight excluding hydrogens is 308 g/mol. The molecule has 24 heavy (non-hydrogen) atoms. The Balaban J connectivity index is 2.24. The van der Waals surface area contributed by atoms with Crippen LogP contribution < -0.4 is 11.1 Å². The molecule has 0 radical (unpaired) electrons. The lowest BCUT2D eigenvalue weighted by Gasteiger charge is -2.36. The fourth-order valence-electron chi connectivity index (χ4n) is 3.38. The van der Waals surface area contributed by atoms with Crippen molar-refractivity contribution < 1.29 is 19.1 Å². The molecule has 0 aromatic rings. The molecule has 140 valence electrons. The van der Waals surface area contributed by atoms with E-state index in [1.54, 1.807) is 0 Å². The number of alkyl carbamates (subject to hydrolysis) is 1. The fourth-order valence-corrected chi connectivity index (χ4v) is 3.38. The average Bonchev–Trinajstić information content (AvgIpc) is 2.53. The Morgan fingerprint density at radius 1 is 1.25 bits per heavy atom. The number of unbranched alkanes of at least 4 members (excludes halogenated alkanes) is 1. The lowest BCUT2D eigenvalue weighted by atomic mass is 9.75. The highest BCUT2D eigenvalue weighted by Crippen LogP contribution is 2.35. The summed E-state index contributed by atoms with van der Waals surface area (Å²) < 4.78 is 10.2. The van der Waals surface area contributed by atoms with Gasteiger partial charge >= 0.3 is 12.1 Å². The number of amides is 1. The van der Waals surface area contributed by atoms with Crippen molar-refractivity contribution in [3.8, 4) is 0 Å². The van der Waals surface area contributed by atoms with E-state index in [0.29, 0.717) is 30.7 Å². The summed E-state index contributed by atoms with van der Waals surface area (Å²) in [5, 5.41) is 2.80. The normalized spacial score (nSPS) is 25.2. The zero-order valence-corrected chi connectivity index (χ0v) is 15.5. The number of carbonyl (C=O) groups excluding carboxylic acids is 2. The number of esters is 1. The summed E-state index contributed by atoms with van der Waals surface area (Å²) >= 11 is 0. The largest absolute Gasteiger partial charge is 0.468 e. The maximum atomic E-state index is 12.0. The van der Waals surface area contributed by atoms with Crippen LogP contribution in [0.4, 0.5) is 4.79 Å². The summed E-state index contributed by atoms with van der Waals surface area (Å²) in [4.78, 5) is 23.2. The van der Waals surface area contributed by atoms with Gasteiger partial charge in [0, 0.05) is 6.54 Å². The maximum absolute atomic E-state index is 12.0. The van der Waals surface area contributed by atoms with Crippen LogP contribution in [0, 0.1) is 17.8 Å². The molecule has 0 aromatic heterocycles. The number of ether oxygens (including phenoxy) is 2. The summed E-state index contributed by atoms with van der Waals surface area (Å²) in [6.07, 6.45) is 5.04. The van der Waals surface area contributed by atoms with Crippen molar-refractivity contribution in [3.05, 3.63) is 0 Å². The maximum Gasteiger partial charge on any atom is 0.407 e. The molecule has 0 bridgehead atoms. The zero-order valence-electron chi connectivity index (χ0n) is 15.5. The second-order valence-electron chi connectivity index (χ2n) is 7.32. The van der Waals surface area contributed by atoms with Crippen LogP contribution in [0.5, 0.6) is 0 Å². The van der Waals surface area contributed by atoms with E-state index in [2.05, 4.69) is 30.8 Å². The Morgan fingerprint density at radius 2 is 1.96 bits per heavy atom. The van der Waals surface area contributed by atoms with E-state index in [-0.39, 0.29) is 12.2 Å². The van der Waals surface area contributed by atoms with E-state index in [1.165, 1.54) is 13.5 Å². The van der Waals surface area contributed by atoms with Crippen LogP contribution in [0.25, 0.3) is 0 Å². The fraction of sp³-hybridized carbons (Fsp3) is 0.889. The second-order valence-corrected chi connectivity index (χ2v) is 7.32. The van der Waals surface area contributed by atoms with Crippen molar-refractivity contribution in [2.75, 3.05) is 13.7 Å². The van der Waals surface area contributed by atoms with Crippen LogP contribution in [0.1, 0.15) is 59.3 Å². The van der Waals surface area contributed by atoms with Crippen LogP contribution in [-0.4, -0.2) is 37.9 Å². The third-order valence-corrected chi connectivity index (χ3v) is 4.93. The summed E-state index contributed by atoms with van der Waals surface area (Å²) in [7, 11) is 1.33. The number of nitrogens with one attached hydrogen (secondary N) is 1. The molecule has 1 rings (SSSR count). The van der Waals surface area contributed by atoms with Crippen molar-refractivity contribution >= 4 is 12.1 Å². The highest BCUT2D eigenvalue weighted by Gasteiger charge is 2.33. The third kappa shape index (κ3) is 7.07. The van der Waals surface area contributed by atoms with Gasteiger partial charge in [0.1, 0.15) is 12.1 Å². The first-order valence-electron chi connectivity index (χ1n) is 9.13. The van der Waals surface area contributed by atoms with Crippen molar-refractivity contribution in [2.24, 2.45) is 23.5 Å². The van der Waals surface area contributed by atoms with Crippen molar-refractivity contribution in [2.45, 2.75) is 71.4 Å². The second kappa shape index (κ2) is 10.5. The Morgan fingerprint density at radius 3 is 2.58 bits per heavy atom. The minimum Gasteiger partial charge on any atom is -0.468 e. The summed E-state index contributed by atoms with van der Waals surface area (Å²) in [6.45, 7) is 7.13. The molecule has 0 heterocycles. The first kappa shape index (κ1) is 20.7. The van der Waals surface area contributed by atoms with Gasteiger partial charge in [0.2, 0.25) is 0 Å². The standard InChI is InChI=1S/C18H34N2O4/c1-12(2)14-9-8-13(3)11-16(14)24-18(22)20-10-6-5-7-15(19)17(21)23-4/h12-16H,5-11,19H2,1-4H3,(H,20,22)/t13-,14+,15+,16-/m1/s1. The van der Waals surface area contributed by atoms with Crippen LogP contribution in [0.15, 0.2) is 0 Å². The van der Waals surface area contributed by atoms with Gasteiger partial charge in [-0.15, -0.1) is 0 Å². The number of carbonyl (C=O) groups is 2. The molecule has 4 atom stereocenters. The third-order valence-electron chi connectivity index (χ3n) is 4.93. The monoisotopic (exact) mass is 342 g/mol. The van der Waals surface area contributed by atoms with Crippen molar-refractivity contribution in [1.82, 2.24) is 5.32 Å². The number of methoxy groups -OCH3 is 1. The van der Waals surface area contributed by atoms with Gasteiger partial charge in [-0.25, -0.2) is 4.79 Å². The quantitative estimate of drug-likeness (QED) is 0.523. The number of hydrogen-bond donors (Lipinski definition) is 2. The highest BCUT2D eigenvalue weighted by molar-refractivity contribution is 5.75. The smallest absolute Gasteiger partial charge is 0.407 e. The summed E-state index contributed by atoms with van der Waals surface area (Å²) in [5.74, 6) is 1.19. The van der Waals surface area contributed by atoms with Crippen molar-refractivity contribution in [1.29, 1.82) is 0 Å². The van der Waals surface area contributed by atoms with Crippen LogP contribution in [0.2, 0.25) is 0 Å².